The van der Waals surface area contributed by atoms with Gasteiger partial charge in [-0.3, -0.25) is 0 Å². The number of nitrogens with one attached hydrogen (secondary N) is 3. The molecule has 7 rings (SSSR count). The second-order valence-electron chi connectivity index (χ2n) is 16.6. The summed E-state index contributed by atoms with van der Waals surface area (Å²) in [5, 5.41) is 2.46. The van der Waals surface area contributed by atoms with E-state index in [0.717, 1.165) is 55.8 Å². The summed E-state index contributed by atoms with van der Waals surface area (Å²) in [6.45, 7) is 12.1. The topological polar surface area (TPSA) is 120 Å². The Labute approximate surface area is 362 Å². The predicted molar refractivity (Wildman–Crippen MR) is 257 cm³/mol. The van der Waals surface area contributed by atoms with E-state index in [1.807, 2.05) is 12.1 Å². The van der Waals surface area contributed by atoms with Crippen LogP contribution in [0.25, 0.3) is 27.4 Å². The van der Waals surface area contributed by atoms with Crippen molar-refractivity contribution < 1.29 is 16.8 Å². The van der Waals surface area contributed by atoms with Crippen LogP contribution in [0, 0.1) is 0 Å². The summed E-state index contributed by atoms with van der Waals surface area (Å²) in [5.74, 6) is 0.821. The number of nitrogens with zero attached hydrogens (tertiary/aromatic N) is 3. The molecule has 0 bridgehead atoms. The standard InChI is InChI=1S/C24H29N3O2S.C17H25N3O2S.C6H16Si/c1-25-30(28,29)15-12-19-8-9-24-22(16-19)23(21-10-13-26(2)14-11-21)18-27(24)17-20-6-4-3-5-7-20;1-18-23(21,22)10-7-13-3-4-17-15(11-13)16(12-19-17)14-5-8-20(2)9-6-14;1-4-7(5-2)6-3/h3-10,16,18,25H,11-15,17H2,1-2H3;3-4,11-12,14,18-19H,5-10H2,1-2H3;7H,4-6H2,1-3H3. The number of likely N-dealkylation sites (tertiary alicyclic amines) is 1. The van der Waals surface area contributed by atoms with Gasteiger partial charge >= 0.3 is 0 Å². The Morgan fingerprint density at radius 2 is 1.33 bits per heavy atom. The van der Waals surface area contributed by atoms with Crippen molar-refractivity contribution in [2.75, 3.05) is 65.9 Å². The summed E-state index contributed by atoms with van der Waals surface area (Å²) in [4.78, 5) is 8.06. The van der Waals surface area contributed by atoms with Gasteiger partial charge in [0.2, 0.25) is 20.0 Å². The average molecular weight is 875 g/mol. The molecule has 0 spiro atoms. The van der Waals surface area contributed by atoms with E-state index >= 15 is 0 Å². The summed E-state index contributed by atoms with van der Waals surface area (Å²) in [6.07, 6.45) is 11.2. The van der Waals surface area contributed by atoms with Crippen molar-refractivity contribution in [2.45, 2.75) is 83.5 Å². The number of benzene rings is 3. The van der Waals surface area contributed by atoms with E-state index < -0.39 is 20.0 Å². The molecular weight excluding hydrogens is 805 g/mol. The zero-order valence-corrected chi connectivity index (χ0v) is 39.9. The van der Waals surface area contributed by atoms with Crippen LogP contribution >= 0.6 is 0 Å². The molecule has 2 aliphatic rings. The number of hydrogen-bond acceptors (Lipinski definition) is 6. The molecule has 10 nitrogen and oxygen atoms in total. The Bertz CT molecular complexity index is 2360. The Kier molecular flexibility index (Phi) is 17.8. The van der Waals surface area contributed by atoms with Gasteiger partial charge in [0.15, 0.2) is 0 Å². The lowest BCUT2D eigenvalue weighted by Crippen LogP contribution is -2.29. The van der Waals surface area contributed by atoms with Gasteiger partial charge in [-0.05, 0) is 131 Å². The van der Waals surface area contributed by atoms with Gasteiger partial charge in [-0.15, -0.1) is 0 Å². The fraction of sp³-hybridized carbons (Fsp3) is 0.489. The third kappa shape index (κ3) is 13.5. The minimum Gasteiger partial charge on any atom is -0.361 e. The molecule has 60 heavy (non-hydrogen) atoms. The number of hydrogen-bond donors (Lipinski definition) is 3. The number of aromatic nitrogens is 2. The number of aryl methyl sites for hydroxylation is 2. The number of rotatable bonds is 15. The SMILES string of the molecule is CC[SiH](CC)CC.CNS(=O)(=O)CCc1ccc2[nH]cc(C3CCN(C)CC3)c2c1.CNS(=O)(=O)CCc1ccc2c(c1)c(C1=CCN(C)CC1)cn2Cc1ccccc1. The number of fused-ring (bicyclic) bond motifs is 2. The molecule has 2 aliphatic heterocycles. The highest BCUT2D eigenvalue weighted by atomic mass is 32.2. The Morgan fingerprint density at radius 1 is 0.733 bits per heavy atom. The van der Waals surface area contributed by atoms with E-state index in [2.05, 4.69) is 137 Å². The van der Waals surface area contributed by atoms with Crippen molar-refractivity contribution in [3.63, 3.8) is 0 Å². The van der Waals surface area contributed by atoms with Crippen molar-refractivity contribution in [1.29, 1.82) is 0 Å². The van der Waals surface area contributed by atoms with Gasteiger partial charge in [0.1, 0.15) is 0 Å². The second-order valence-corrected chi connectivity index (χ2v) is 24.9. The summed E-state index contributed by atoms with van der Waals surface area (Å²) < 4.78 is 54.0. The molecule has 2 aromatic heterocycles. The molecular formula is C47H70N6O4S2Si. The van der Waals surface area contributed by atoms with Gasteiger partial charge in [0, 0.05) is 68.2 Å². The molecule has 1 saturated heterocycles. The first kappa shape index (κ1) is 47.5. The van der Waals surface area contributed by atoms with Crippen molar-refractivity contribution in [1.82, 2.24) is 28.8 Å². The molecule has 5 aromatic rings. The first-order chi connectivity index (χ1) is 28.8. The third-order valence-corrected chi connectivity index (χ3v) is 18.7. The van der Waals surface area contributed by atoms with Crippen molar-refractivity contribution in [2.24, 2.45) is 0 Å². The maximum Gasteiger partial charge on any atom is 0.211 e. The first-order valence-electron chi connectivity index (χ1n) is 21.9. The van der Waals surface area contributed by atoms with E-state index in [-0.39, 0.29) is 20.3 Å². The monoisotopic (exact) mass is 874 g/mol. The van der Waals surface area contributed by atoms with Crippen molar-refractivity contribution in [3.05, 3.63) is 113 Å². The van der Waals surface area contributed by atoms with Crippen LogP contribution < -0.4 is 9.44 Å². The highest BCUT2D eigenvalue weighted by molar-refractivity contribution is 7.89. The van der Waals surface area contributed by atoms with Gasteiger partial charge in [-0.25, -0.2) is 26.3 Å². The van der Waals surface area contributed by atoms with E-state index in [1.54, 1.807) is 0 Å². The molecule has 3 aromatic carbocycles. The zero-order chi connectivity index (χ0) is 43.3. The van der Waals surface area contributed by atoms with Crippen molar-refractivity contribution in [3.8, 4) is 0 Å². The van der Waals surface area contributed by atoms with Crippen LogP contribution in [-0.4, -0.2) is 111 Å². The van der Waals surface area contributed by atoms with Gasteiger partial charge in [0.05, 0.1) is 11.5 Å². The lowest BCUT2D eigenvalue weighted by molar-refractivity contribution is 0.256. The second kappa shape index (κ2) is 22.5. The quantitative estimate of drug-likeness (QED) is 0.0924. The van der Waals surface area contributed by atoms with Gasteiger partial charge in [-0.1, -0.05) is 87.4 Å². The largest absolute Gasteiger partial charge is 0.361 e. The summed E-state index contributed by atoms with van der Waals surface area (Å²) in [7, 11) is 0.700. The lowest BCUT2D eigenvalue weighted by atomic mass is 9.89. The molecule has 13 heteroatoms. The average Bonchev–Trinajstić information content (AvgIpc) is 3.85. The number of sulfonamides is 2. The lowest BCUT2D eigenvalue weighted by Gasteiger charge is -2.28. The van der Waals surface area contributed by atoms with Crippen LogP contribution in [0.2, 0.25) is 18.1 Å². The molecule has 0 saturated carbocycles. The molecule has 328 valence electrons. The molecule has 1 fully saturated rings. The van der Waals surface area contributed by atoms with Crippen LogP contribution in [0.15, 0.2) is 85.2 Å². The highest BCUT2D eigenvalue weighted by Gasteiger charge is 2.22. The fourth-order valence-electron chi connectivity index (χ4n) is 8.26. The molecule has 0 unspecified atom stereocenters. The molecule has 0 atom stereocenters. The molecule has 4 heterocycles. The maximum absolute atomic E-state index is 11.9. The Balaban J connectivity index is 0.000000201. The van der Waals surface area contributed by atoms with Crippen LogP contribution in [0.1, 0.15) is 73.8 Å². The molecule has 0 amide bonds. The van der Waals surface area contributed by atoms with Gasteiger partial charge in [0.25, 0.3) is 0 Å². The van der Waals surface area contributed by atoms with Crippen LogP contribution in [0.4, 0.5) is 0 Å². The van der Waals surface area contributed by atoms with Gasteiger partial charge in [-0.2, -0.15) is 0 Å². The fourth-order valence-corrected chi connectivity index (χ4v) is 11.4. The van der Waals surface area contributed by atoms with E-state index in [1.165, 1.54) is 83.6 Å². The van der Waals surface area contributed by atoms with Crippen molar-refractivity contribution >= 4 is 56.2 Å². The molecule has 0 aliphatic carbocycles. The summed E-state index contributed by atoms with van der Waals surface area (Å²) in [5.41, 5.74) is 9.75. The molecule has 3 N–H and O–H groups in total. The van der Waals surface area contributed by atoms with Crippen LogP contribution in [0.5, 0.6) is 0 Å². The number of likely N-dealkylation sites (N-methyl/N-ethyl adjacent to an activating group) is 1. The summed E-state index contributed by atoms with van der Waals surface area (Å²) in [6, 6.07) is 27.6. The van der Waals surface area contributed by atoms with Crippen LogP contribution in [0.3, 0.4) is 0 Å². The number of piperidine rings is 1. The Hall–Kier alpha value is -3.56. The van der Waals surface area contributed by atoms with E-state index in [0.29, 0.717) is 18.8 Å². The van der Waals surface area contributed by atoms with Crippen LogP contribution in [-0.2, 0) is 39.4 Å². The minimum atomic E-state index is -3.22. The van der Waals surface area contributed by atoms with E-state index in [4.69, 9.17) is 0 Å². The minimum absolute atomic E-state index is 0.0998. The third-order valence-electron chi connectivity index (χ3n) is 12.5. The first-order valence-corrected chi connectivity index (χ1v) is 27.7. The smallest absolute Gasteiger partial charge is 0.211 e. The molecule has 0 radical (unpaired) electrons. The van der Waals surface area contributed by atoms with E-state index in [9.17, 15) is 16.8 Å². The normalized spacial score (nSPS) is 15.8. The van der Waals surface area contributed by atoms with Gasteiger partial charge < -0.3 is 19.4 Å². The zero-order valence-electron chi connectivity index (χ0n) is 37.1. The summed E-state index contributed by atoms with van der Waals surface area (Å²) >= 11 is 0. The highest BCUT2D eigenvalue weighted by Crippen LogP contribution is 2.34. The maximum atomic E-state index is 11.9. The number of H-pyrrole nitrogens is 1. The predicted octanol–water partition coefficient (Wildman–Crippen LogP) is 7.84. The number of aromatic amines is 1. The Morgan fingerprint density at radius 3 is 1.88 bits per heavy atom.